The van der Waals surface area contributed by atoms with Gasteiger partial charge in [0.2, 0.25) is 0 Å². The molecule has 3 heteroatoms. The van der Waals surface area contributed by atoms with E-state index >= 15 is 0 Å². The van der Waals surface area contributed by atoms with Crippen LogP contribution in [0.3, 0.4) is 0 Å². The molecule has 0 saturated carbocycles. The molecular weight excluding hydrogens is 248 g/mol. The summed E-state index contributed by atoms with van der Waals surface area (Å²) in [6.07, 6.45) is 2.57. The van der Waals surface area contributed by atoms with Crippen molar-refractivity contribution in [3.8, 4) is 6.07 Å². The van der Waals surface area contributed by atoms with Crippen molar-refractivity contribution in [3.63, 3.8) is 0 Å². The van der Waals surface area contributed by atoms with Gasteiger partial charge < -0.3 is 4.57 Å². The fourth-order valence-corrected chi connectivity index (χ4v) is 2.93. The minimum absolute atomic E-state index is 0.263. The van der Waals surface area contributed by atoms with Crippen molar-refractivity contribution in [3.05, 3.63) is 58.4 Å². The van der Waals surface area contributed by atoms with Crippen LogP contribution in [0.4, 0.5) is 0 Å². The summed E-state index contributed by atoms with van der Waals surface area (Å²) in [5.74, 6) is 0.263. The van der Waals surface area contributed by atoms with E-state index in [0.29, 0.717) is 12.0 Å². The van der Waals surface area contributed by atoms with Gasteiger partial charge in [0.05, 0.1) is 11.6 Å². The Morgan fingerprint density at radius 2 is 2.15 bits per heavy atom. The maximum absolute atomic E-state index is 11.9. The Kier molecular flexibility index (Phi) is 3.15. The minimum Gasteiger partial charge on any atom is -0.344 e. The van der Waals surface area contributed by atoms with Gasteiger partial charge in [-0.25, -0.2) is 0 Å². The maximum Gasteiger partial charge on any atom is 0.164 e. The average molecular weight is 264 g/mol. The van der Waals surface area contributed by atoms with Crippen molar-refractivity contribution in [2.24, 2.45) is 0 Å². The van der Waals surface area contributed by atoms with Gasteiger partial charge in [-0.3, -0.25) is 4.79 Å². The molecule has 2 aromatic rings. The van der Waals surface area contributed by atoms with Gasteiger partial charge in [0, 0.05) is 29.9 Å². The van der Waals surface area contributed by atoms with E-state index in [-0.39, 0.29) is 5.78 Å². The van der Waals surface area contributed by atoms with Crippen molar-refractivity contribution >= 4 is 5.78 Å². The molecule has 0 spiro atoms. The first-order chi connectivity index (χ1) is 9.69. The second-order valence-electron chi connectivity index (χ2n) is 5.32. The van der Waals surface area contributed by atoms with Gasteiger partial charge in [-0.05, 0) is 43.5 Å². The van der Waals surface area contributed by atoms with Crippen LogP contribution in [0.15, 0.2) is 30.3 Å². The number of hydrogen-bond acceptors (Lipinski definition) is 2. The Morgan fingerprint density at radius 1 is 1.30 bits per heavy atom. The summed E-state index contributed by atoms with van der Waals surface area (Å²) in [7, 11) is 0. The molecule has 3 rings (SSSR count). The minimum atomic E-state index is 0.263. The Balaban J connectivity index is 1.99. The first-order valence-corrected chi connectivity index (χ1v) is 6.90. The van der Waals surface area contributed by atoms with E-state index in [4.69, 9.17) is 5.26 Å². The molecule has 0 saturated heterocycles. The average Bonchev–Trinajstić information content (AvgIpc) is 2.78. The fraction of sp³-hybridized carbons (Fsp3) is 0.294. The van der Waals surface area contributed by atoms with Crippen LogP contribution in [-0.4, -0.2) is 10.4 Å². The number of carbonyl (C=O) groups is 1. The third-order valence-electron chi connectivity index (χ3n) is 3.93. The van der Waals surface area contributed by atoms with E-state index in [2.05, 4.69) is 10.6 Å². The zero-order valence-electron chi connectivity index (χ0n) is 11.5. The first kappa shape index (κ1) is 12.7. The van der Waals surface area contributed by atoms with Crippen LogP contribution in [0.2, 0.25) is 0 Å². The molecule has 0 unspecified atom stereocenters. The van der Waals surface area contributed by atoms with Gasteiger partial charge in [-0.15, -0.1) is 0 Å². The fourth-order valence-electron chi connectivity index (χ4n) is 2.93. The van der Waals surface area contributed by atoms with Gasteiger partial charge in [-0.2, -0.15) is 5.26 Å². The van der Waals surface area contributed by atoms with Gasteiger partial charge in [0.1, 0.15) is 0 Å². The molecule has 0 atom stereocenters. The van der Waals surface area contributed by atoms with Crippen molar-refractivity contribution in [2.45, 2.75) is 32.7 Å². The number of nitriles is 1. The molecule has 3 nitrogen and oxygen atoms in total. The number of fused-ring (bicyclic) bond motifs is 1. The molecule has 1 aliphatic carbocycles. The molecule has 0 fully saturated rings. The van der Waals surface area contributed by atoms with E-state index in [1.807, 2.05) is 37.3 Å². The third-order valence-corrected chi connectivity index (χ3v) is 3.93. The molecular formula is C17H16N2O. The summed E-state index contributed by atoms with van der Waals surface area (Å²) >= 11 is 0. The zero-order valence-corrected chi connectivity index (χ0v) is 11.5. The maximum atomic E-state index is 11.9. The Labute approximate surface area is 118 Å². The van der Waals surface area contributed by atoms with E-state index < -0.39 is 0 Å². The molecule has 0 bridgehead atoms. The number of Topliss-reactive ketones (excluding diaryl/α,β-unsaturated/α-hetero) is 1. The molecule has 1 aromatic heterocycles. The highest BCUT2D eigenvalue weighted by Gasteiger charge is 2.22. The van der Waals surface area contributed by atoms with Crippen LogP contribution in [-0.2, 0) is 13.0 Å². The number of ketones is 1. The number of carbonyl (C=O) groups excluding carboxylic acids is 1. The molecule has 0 radical (unpaired) electrons. The summed E-state index contributed by atoms with van der Waals surface area (Å²) in [6, 6.07) is 11.8. The van der Waals surface area contributed by atoms with Crippen LogP contribution in [0.25, 0.3) is 0 Å². The number of nitrogens with zero attached hydrogens (tertiary/aromatic N) is 2. The van der Waals surface area contributed by atoms with Crippen molar-refractivity contribution < 1.29 is 4.79 Å². The zero-order chi connectivity index (χ0) is 14.1. The normalized spacial score (nSPS) is 13.9. The highest BCUT2D eigenvalue weighted by molar-refractivity contribution is 5.98. The first-order valence-electron chi connectivity index (χ1n) is 6.90. The highest BCUT2D eigenvalue weighted by Crippen LogP contribution is 2.25. The van der Waals surface area contributed by atoms with Crippen molar-refractivity contribution in [1.82, 2.24) is 4.57 Å². The van der Waals surface area contributed by atoms with Crippen LogP contribution in [0, 0.1) is 18.3 Å². The van der Waals surface area contributed by atoms with Crippen LogP contribution in [0.5, 0.6) is 0 Å². The van der Waals surface area contributed by atoms with Crippen LogP contribution < -0.4 is 0 Å². The third kappa shape index (κ3) is 2.14. The number of aromatic nitrogens is 1. The van der Waals surface area contributed by atoms with E-state index in [9.17, 15) is 4.79 Å². The Morgan fingerprint density at radius 3 is 2.95 bits per heavy atom. The van der Waals surface area contributed by atoms with Gasteiger partial charge in [-0.1, -0.05) is 12.1 Å². The van der Waals surface area contributed by atoms with E-state index in [1.165, 1.54) is 0 Å². The second kappa shape index (κ2) is 4.97. The number of aryl methyl sites for hydroxylation is 1. The topological polar surface area (TPSA) is 45.8 Å². The summed E-state index contributed by atoms with van der Waals surface area (Å²) < 4.78 is 2.21. The molecule has 0 aliphatic heterocycles. The van der Waals surface area contributed by atoms with Crippen molar-refractivity contribution in [1.29, 1.82) is 5.26 Å². The van der Waals surface area contributed by atoms with Gasteiger partial charge in [0.25, 0.3) is 0 Å². The largest absolute Gasteiger partial charge is 0.344 e. The van der Waals surface area contributed by atoms with E-state index in [0.717, 1.165) is 41.9 Å². The Bertz CT molecular complexity index is 719. The van der Waals surface area contributed by atoms with Crippen LogP contribution in [0.1, 0.15) is 45.7 Å². The summed E-state index contributed by atoms with van der Waals surface area (Å²) in [4.78, 5) is 11.9. The second-order valence-corrected chi connectivity index (χ2v) is 5.32. The molecule has 1 heterocycles. The summed E-state index contributed by atoms with van der Waals surface area (Å²) in [5.41, 5.74) is 4.94. The molecule has 1 aliphatic rings. The Hall–Kier alpha value is -2.34. The predicted molar refractivity (Wildman–Crippen MR) is 76.7 cm³/mol. The quantitative estimate of drug-likeness (QED) is 0.836. The van der Waals surface area contributed by atoms with Gasteiger partial charge >= 0.3 is 0 Å². The monoisotopic (exact) mass is 264 g/mol. The lowest BCUT2D eigenvalue weighted by molar-refractivity contribution is 0.0972. The summed E-state index contributed by atoms with van der Waals surface area (Å²) in [5, 5.41) is 8.97. The van der Waals surface area contributed by atoms with Crippen LogP contribution >= 0.6 is 0 Å². The smallest absolute Gasteiger partial charge is 0.164 e. The highest BCUT2D eigenvalue weighted by atomic mass is 16.1. The van der Waals surface area contributed by atoms with E-state index in [1.54, 1.807) is 0 Å². The number of rotatable bonds is 2. The molecule has 0 amide bonds. The van der Waals surface area contributed by atoms with Crippen molar-refractivity contribution in [2.75, 3.05) is 0 Å². The molecule has 1 aromatic carbocycles. The standard InChI is InChI=1S/C17H16N2O/c1-12-8-15-16(6-3-7-17(15)20)19(12)11-14-5-2-4-13(9-14)10-18/h2,4-5,8-9H,3,6-7,11H2,1H3. The predicted octanol–water partition coefficient (Wildman–Crippen LogP) is 3.24. The summed E-state index contributed by atoms with van der Waals surface area (Å²) in [6.45, 7) is 2.77. The lowest BCUT2D eigenvalue weighted by Gasteiger charge is -2.16. The number of hydrogen-bond donors (Lipinski definition) is 0. The van der Waals surface area contributed by atoms with Gasteiger partial charge in [0.15, 0.2) is 5.78 Å². The molecule has 20 heavy (non-hydrogen) atoms. The lowest BCUT2D eigenvalue weighted by Crippen LogP contribution is -2.14. The molecule has 100 valence electrons. The SMILES string of the molecule is Cc1cc2c(n1Cc1cccc(C#N)c1)CCCC2=O. The molecule has 0 N–H and O–H groups in total. The lowest BCUT2D eigenvalue weighted by atomic mass is 9.96. The number of benzene rings is 1.